The molecule has 2 heterocycles. The molecule has 1 aliphatic rings. The van der Waals surface area contributed by atoms with Gasteiger partial charge in [-0.05, 0) is 17.7 Å². The molecule has 0 bridgehead atoms. The molecule has 2 aromatic carbocycles. The molecule has 134 valence electrons. The van der Waals surface area contributed by atoms with Crippen LogP contribution in [0.5, 0.6) is 5.88 Å². The van der Waals surface area contributed by atoms with Crippen molar-refractivity contribution in [2.75, 3.05) is 11.1 Å². The molecule has 1 aliphatic heterocycles. The first-order chi connectivity index (χ1) is 13.3. The number of fused-ring (bicyclic) bond motifs is 3. The van der Waals surface area contributed by atoms with Gasteiger partial charge in [-0.1, -0.05) is 72.4 Å². The van der Waals surface area contributed by atoms with Crippen LogP contribution in [0.2, 0.25) is 0 Å². The first-order valence-electron chi connectivity index (χ1n) is 8.58. The van der Waals surface area contributed by atoms with E-state index in [1.54, 1.807) is 0 Å². The Kier molecular flexibility index (Phi) is 5.16. The standard InChI is InChI=1S/C21H18N4OS/c1-2-14-27-21-23-20-19(24-25-21)16-10-6-7-11-17(16)22-18(26-20)13-12-15-8-4-3-5-9-15/h2-13,18,22H,1,14H2/b13-12+. The molecule has 0 fully saturated rings. The normalized spacial score (nSPS) is 15.2. The largest absolute Gasteiger partial charge is 0.448 e. The third-order valence-corrected chi connectivity index (χ3v) is 4.78. The summed E-state index contributed by atoms with van der Waals surface area (Å²) >= 11 is 1.47. The van der Waals surface area contributed by atoms with E-state index >= 15 is 0 Å². The lowest BCUT2D eigenvalue weighted by molar-refractivity contribution is 0.266. The number of benzene rings is 2. The van der Waals surface area contributed by atoms with E-state index in [1.807, 2.05) is 72.8 Å². The second-order valence-corrected chi connectivity index (χ2v) is 6.83. The van der Waals surface area contributed by atoms with Gasteiger partial charge in [0, 0.05) is 17.0 Å². The number of hydrogen-bond donors (Lipinski definition) is 1. The van der Waals surface area contributed by atoms with Gasteiger partial charge in [-0.3, -0.25) is 0 Å². The monoisotopic (exact) mass is 374 g/mol. The number of nitrogens with zero attached hydrogens (tertiary/aromatic N) is 3. The maximum Gasteiger partial charge on any atom is 0.247 e. The van der Waals surface area contributed by atoms with Gasteiger partial charge in [0.1, 0.15) is 0 Å². The summed E-state index contributed by atoms with van der Waals surface area (Å²) in [5.74, 6) is 1.18. The molecular weight excluding hydrogens is 356 g/mol. The number of ether oxygens (including phenoxy) is 1. The molecule has 0 amide bonds. The smallest absolute Gasteiger partial charge is 0.247 e. The molecule has 4 rings (SSSR count). The zero-order valence-corrected chi connectivity index (χ0v) is 15.4. The van der Waals surface area contributed by atoms with E-state index in [2.05, 4.69) is 27.1 Å². The molecule has 1 unspecified atom stereocenters. The number of thioether (sulfide) groups is 1. The van der Waals surface area contributed by atoms with Gasteiger partial charge in [0.2, 0.25) is 11.0 Å². The highest BCUT2D eigenvalue weighted by Crippen LogP contribution is 2.36. The highest BCUT2D eigenvalue weighted by molar-refractivity contribution is 7.99. The van der Waals surface area contributed by atoms with Crippen LogP contribution in [0.25, 0.3) is 17.3 Å². The summed E-state index contributed by atoms with van der Waals surface area (Å²) in [7, 11) is 0. The maximum atomic E-state index is 6.13. The number of aromatic nitrogens is 3. The molecule has 0 saturated carbocycles. The van der Waals surface area contributed by atoms with Crippen LogP contribution in [0, 0.1) is 0 Å². The Morgan fingerprint density at radius 1 is 1.07 bits per heavy atom. The summed E-state index contributed by atoms with van der Waals surface area (Å²) < 4.78 is 6.13. The van der Waals surface area contributed by atoms with Gasteiger partial charge in [0.15, 0.2) is 11.9 Å². The first kappa shape index (κ1) is 17.3. The van der Waals surface area contributed by atoms with Crippen molar-refractivity contribution < 1.29 is 4.74 Å². The van der Waals surface area contributed by atoms with Crippen molar-refractivity contribution in [2.45, 2.75) is 11.4 Å². The fourth-order valence-corrected chi connectivity index (χ4v) is 3.23. The topological polar surface area (TPSA) is 59.9 Å². The summed E-state index contributed by atoms with van der Waals surface area (Å²) in [6.07, 6.45) is 5.43. The maximum absolute atomic E-state index is 6.13. The van der Waals surface area contributed by atoms with Crippen molar-refractivity contribution in [3.63, 3.8) is 0 Å². The average Bonchev–Trinajstić information content (AvgIpc) is 2.87. The van der Waals surface area contributed by atoms with Crippen LogP contribution >= 0.6 is 11.8 Å². The van der Waals surface area contributed by atoms with Crippen molar-refractivity contribution in [3.8, 4) is 17.1 Å². The van der Waals surface area contributed by atoms with Crippen LogP contribution in [0.4, 0.5) is 5.69 Å². The zero-order chi connectivity index (χ0) is 18.5. The highest BCUT2D eigenvalue weighted by atomic mass is 32.2. The molecular formula is C21H18N4OS. The quantitative estimate of drug-likeness (QED) is 0.518. The van der Waals surface area contributed by atoms with Crippen LogP contribution in [-0.4, -0.2) is 27.2 Å². The Hall–Kier alpha value is -3.12. The lowest BCUT2D eigenvalue weighted by Crippen LogP contribution is -2.23. The lowest BCUT2D eigenvalue weighted by atomic mass is 10.1. The van der Waals surface area contributed by atoms with E-state index in [9.17, 15) is 0 Å². The Labute approximate surface area is 162 Å². The van der Waals surface area contributed by atoms with Gasteiger partial charge in [0.05, 0.1) is 0 Å². The van der Waals surface area contributed by atoms with E-state index < -0.39 is 0 Å². The molecule has 3 aromatic rings. The Bertz CT molecular complexity index is 975. The fraction of sp³-hybridized carbons (Fsp3) is 0.0952. The van der Waals surface area contributed by atoms with E-state index in [4.69, 9.17) is 4.74 Å². The minimum absolute atomic E-state index is 0.374. The summed E-state index contributed by atoms with van der Waals surface area (Å²) in [5.41, 5.74) is 3.59. The van der Waals surface area contributed by atoms with Gasteiger partial charge in [-0.2, -0.15) is 4.98 Å². The summed E-state index contributed by atoms with van der Waals surface area (Å²) in [4.78, 5) is 4.56. The second-order valence-electron chi connectivity index (χ2n) is 5.85. The summed E-state index contributed by atoms with van der Waals surface area (Å²) in [6.45, 7) is 3.73. The van der Waals surface area contributed by atoms with E-state index in [-0.39, 0.29) is 6.23 Å². The van der Waals surface area contributed by atoms with Gasteiger partial charge in [0.25, 0.3) is 0 Å². The number of nitrogens with one attached hydrogen (secondary N) is 1. The van der Waals surface area contributed by atoms with Crippen molar-refractivity contribution in [1.82, 2.24) is 15.2 Å². The van der Waals surface area contributed by atoms with Crippen molar-refractivity contribution in [2.24, 2.45) is 0 Å². The Balaban J connectivity index is 1.70. The second kappa shape index (κ2) is 8.05. The summed E-state index contributed by atoms with van der Waals surface area (Å²) in [5, 5.41) is 12.6. The molecule has 0 saturated heterocycles. The molecule has 0 aliphatic carbocycles. The molecule has 1 aromatic heterocycles. The van der Waals surface area contributed by atoms with Crippen molar-refractivity contribution in [1.29, 1.82) is 0 Å². The van der Waals surface area contributed by atoms with Crippen LogP contribution < -0.4 is 10.1 Å². The SMILES string of the molecule is C=CCSc1nnc2c(n1)OC(/C=C/c1ccccc1)Nc1ccccc1-2. The molecule has 1 atom stereocenters. The third kappa shape index (κ3) is 4.01. The van der Waals surface area contributed by atoms with Gasteiger partial charge in [-0.15, -0.1) is 16.8 Å². The molecule has 1 N–H and O–H groups in total. The minimum Gasteiger partial charge on any atom is -0.448 e. The Morgan fingerprint density at radius 2 is 1.89 bits per heavy atom. The van der Waals surface area contributed by atoms with Crippen LogP contribution in [0.1, 0.15) is 5.56 Å². The third-order valence-electron chi connectivity index (χ3n) is 3.95. The van der Waals surface area contributed by atoms with Crippen molar-refractivity contribution in [3.05, 3.63) is 78.9 Å². The van der Waals surface area contributed by atoms with Crippen LogP contribution in [0.15, 0.2) is 78.5 Å². The predicted octanol–water partition coefficient (Wildman–Crippen LogP) is 4.66. The van der Waals surface area contributed by atoms with Gasteiger partial charge in [-0.25, -0.2) is 0 Å². The van der Waals surface area contributed by atoms with Gasteiger partial charge < -0.3 is 10.1 Å². The van der Waals surface area contributed by atoms with E-state index in [1.165, 1.54) is 11.8 Å². The predicted molar refractivity (Wildman–Crippen MR) is 110 cm³/mol. The molecule has 6 heteroatoms. The van der Waals surface area contributed by atoms with Crippen LogP contribution in [0.3, 0.4) is 0 Å². The number of anilines is 1. The van der Waals surface area contributed by atoms with Crippen molar-refractivity contribution >= 4 is 23.5 Å². The minimum atomic E-state index is -0.374. The molecule has 0 spiro atoms. The molecule has 0 radical (unpaired) electrons. The van der Waals surface area contributed by atoms with Crippen LogP contribution in [-0.2, 0) is 0 Å². The first-order valence-corrected chi connectivity index (χ1v) is 9.56. The van der Waals surface area contributed by atoms with E-state index in [0.717, 1.165) is 16.8 Å². The van der Waals surface area contributed by atoms with E-state index in [0.29, 0.717) is 22.5 Å². The molecule has 5 nitrogen and oxygen atoms in total. The number of para-hydroxylation sites is 1. The fourth-order valence-electron chi connectivity index (χ4n) is 2.71. The number of hydrogen-bond acceptors (Lipinski definition) is 6. The number of rotatable bonds is 5. The lowest BCUT2D eigenvalue weighted by Gasteiger charge is -2.15. The molecule has 27 heavy (non-hydrogen) atoms. The zero-order valence-electron chi connectivity index (χ0n) is 14.6. The summed E-state index contributed by atoms with van der Waals surface area (Å²) in [6, 6.07) is 18.0. The Morgan fingerprint density at radius 3 is 2.74 bits per heavy atom. The van der Waals surface area contributed by atoms with Gasteiger partial charge >= 0.3 is 0 Å². The highest BCUT2D eigenvalue weighted by Gasteiger charge is 2.23. The average molecular weight is 374 g/mol.